The molecule has 11 nitrogen and oxygen atoms in total. The van der Waals surface area contributed by atoms with Gasteiger partial charge < -0.3 is 36.4 Å². The van der Waals surface area contributed by atoms with Crippen molar-refractivity contribution >= 4 is 41.1 Å². The van der Waals surface area contributed by atoms with Gasteiger partial charge in [-0.25, -0.2) is 9.59 Å². The second kappa shape index (κ2) is 12.5. The number of halogens is 1. The van der Waals surface area contributed by atoms with Gasteiger partial charge in [-0.05, 0) is 18.2 Å². The second-order valence-corrected chi connectivity index (χ2v) is 5.28. The van der Waals surface area contributed by atoms with Crippen LogP contribution in [-0.4, -0.2) is 65.4 Å². The van der Waals surface area contributed by atoms with E-state index in [1.807, 2.05) is 0 Å². The van der Waals surface area contributed by atoms with Crippen LogP contribution in [0.5, 0.6) is 5.75 Å². The number of carboxylic acids is 3. The number of ether oxygens (including phenoxy) is 1. The topological polar surface area (TPSA) is 188 Å². The second-order valence-electron chi connectivity index (χ2n) is 4.84. The molecule has 150 valence electrons. The molecule has 0 heterocycles. The van der Waals surface area contributed by atoms with Gasteiger partial charge in [-0.2, -0.15) is 0 Å². The van der Waals surface area contributed by atoms with Crippen molar-refractivity contribution in [3.05, 3.63) is 23.2 Å². The van der Waals surface area contributed by atoms with Gasteiger partial charge in [-0.15, -0.1) is 0 Å². The highest BCUT2D eigenvalue weighted by Crippen LogP contribution is 2.27. The summed E-state index contributed by atoms with van der Waals surface area (Å²) in [6.07, 6.45) is -0.231. The quantitative estimate of drug-likeness (QED) is 0.317. The highest BCUT2D eigenvalue weighted by Gasteiger charge is 2.21. The first-order valence-electron chi connectivity index (χ1n) is 7.38. The summed E-state index contributed by atoms with van der Waals surface area (Å²) in [7, 11) is 1.46. The number of carbonyl (C=O) groups excluding carboxylic acids is 1. The number of carbonyl (C=O) groups is 4. The number of amides is 1. The molecule has 27 heavy (non-hydrogen) atoms. The highest BCUT2D eigenvalue weighted by molar-refractivity contribution is 6.31. The molecule has 0 saturated heterocycles. The first-order chi connectivity index (χ1) is 12.6. The molecule has 1 amide bonds. The highest BCUT2D eigenvalue weighted by atomic mass is 35.5. The number of rotatable bonds is 8. The first-order valence-corrected chi connectivity index (χ1v) is 7.76. The molecule has 0 saturated carbocycles. The summed E-state index contributed by atoms with van der Waals surface area (Å²) in [5, 5.41) is 29.5. The van der Waals surface area contributed by atoms with Crippen molar-refractivity contribution in [2.75, 3.05) is 25.5 Å². The molecule has 0 aliphatic carbocycles. The van der Waals surface area contributed by atoms with Crippen LogP contribution in [0.15, 0.2) is 18.2 Å². The van der Waals surface area contributed by atoms with Crippen LogP contribution in [0.3, 0.4) is 0 Å². The third kappa shape index (κ3) is 9.99. The van der Waals surface area contributed by atoms with Crippen LogP contribution in [0.1, 0.15) is 6.42 Å². The lowest BCUT2D eigenvalue weighted by Crippen LogP contribution is -2.41. The Labute approximate surface area is 159 Å². The lowest BCUT2D eigenvalue weighted by molar-refractivity contribution is -0.159. The maximum absolute atomic E-state index is 11.9. The normalized spacial score (nSPS) is 10.8. The molecule has 0 fully saturated rings. The zero-order chi connectivity index (χ0) is 21.0. The standard InChI is InChI=1S/C13H18ClN3O4.C2H2O4/c1-21-11-3-2-8(14)6-9(11)17-12(18)7-10(13(19)20)16-5-4-15;3-1(4)2(5)6/h2-3,6,10,16H,4-5,7,15H2,1H3,(H,17,18)(H,19,20);(H,3,4)(H,5,6). The Hall–Kier alpha value is -2.89. The van der Waals surface area contributed by atoms with E-state index in [0.717, 1.165) is 0 Å². The predicted molar refractivity (Wildman–Crippen MR) is 95.0 cm³/mol. The van der Waals surface area contributed by atoms with E-state index in [1.54, 1.807) is 12.1 Å². The van der Waals surface area contributed by atoms with Gasteiger partial charge in [0.15, 0.2) is 0 Å². The zero-order valence-corrected chi connectivity index (χ0v) is 15.0. The number of nitrogens with two attached hydrogens (primary N) is 1. The Morgan fingerprint density at radius 2 is 1.78 bits per heavy atom. The van der Waals surface area contributed by atoms with Gasteiger partial charge in [0.25, 0.3) is 0 Å². The Bertz CT molecular complexity index is 671. The minimum Gasteiger partial charge on any atom is -0.495 e. The number of methoxy groups -OCH3 is 1. The maximum atomic E-state index is 11.9. The largest absolute Gasteiger partial charge is 0.495 e. The van der Waals surface area contributed by atoms with Crippen LogP contribution in [-0.2, 0) is 19.2 Å². The van der Waals surface area contributed by atoms with Crippen molar-refractivity contribution in [3.8, 4) is 5.75 Å². The lowest BCUT2D eigenvalue weighted by atomic mass is 10.2. The van der Waals surface area contributed by atoms with Gasteiger partial charge in [0.05, 0.1) is 19.2 Å². The first kappa shape index (κ1) is 24.1. The molecule has 0 aliphatic rings. The van der Waals surface area contributed by atoms with Gasteiger partial charge >= 0.3 is 17.9 Å². The average Bonchev–Trinajstić information content (AvgIpc) is 2.59. The van der Waals surface area contributed by atoms with E-state index in [0.29, 0.717) is 23.0 Å². The molecule has 1 unspecified atom stereocenters. The van der Waals surface area contributed by atoms with Crippen molar-refractivity contribution in [2.24, 2.45) is 5.73 Å². The van der Waals surface area contributed by atoms with Crippen LogP contribution in [0.25, 0.3) is 0 Å². The molecule has 0 aliphatic heterocycles. The molecular formula is C15H20ClN3O8. The molecule has 1 atom stereocenters. The van der Waals surface area contributed by atoms with Crippen molar-refractivity contribution in [1.29, 1.82) is 0 Å². The molecule has 0 spiro atoms. The summed E-state index contributed by atoms with van der Waals surface area (Å²) in [6.45, 7) is 0.595. The Morgan fingerprint density at radius 1 is 1.19 bits per heavy atom. The van der Waals surface area contributed by atoms with Crippen LogP contribution in [0.2, 0.25) is 5.02 Å². The molecular weight excluding hydrogens is 386 g/mol. The lowest BCUT2D eigenvalue weighted by Gasteiger charge is -2.15. The smallest absolute Gasteiger partial charge is 0.414 e. The molecule has 1 aromatic rings. The van der Waals surface area contributed by atoms with Gasteiger partial charge in [0, 0.05) is 18.1 Å². The summed E-state index contributed by atoms with van der Waals surface area (Å²) >= 11 is 5.85. The number of benzene rings is 1. The number of anilines is 1. The van der Waals surface area contributed by atoms with E-state index in [1.165, 1.54) is 13.2 Å². The van der Waals surface area contributed by atoms with Crippen LogP contribution < -0.4 is 21.1 Å². The Kier molecular flexibility index (Phi) is 11.1. The monoisotopic (exact) mass is 405 g/mol. The Balaban J connectivity index is 0.000000972. The molecule has 0 bridgehead atoms. The third-order valence-electron chi connectivity index (χ3n) is 2.84. The van der Waals surface area contributed by atoms with E-state index in [2.05, 4.69) is 10.6 Å². The van der Waals surface area contributed by atoms with Crippen molar-refractivity contribution < 1.29 is 39.2 Å². The minimum atomic E-state index is -1.82. The zero-order valence-electron chi connectivity index (χ0n) is 14.3. The van der Waals surface area contributed by atoms with E-state index in [4.69, 9.17) is 47.0 Å². The summed E-state index contributed by atoms with van der Waals surface area (Å²) in [5.41, 5.74) is 5.69. The fraction of sp³-hybridized carbons (Fsp3) is 0.333. The van der Waals surface area contributed by atoms with Gasteiger partial charge in [0.1, 0.15) is 11.8 Å². The van der Waals surface area contributed by atoms with Crippen LogP contribution in [0, 0.1) is 0 Å². The summed E-state index contributed by atoms with van der Waals surface area (Å²) in [5.74, 6) is -4.79. The van der Waals surface area contributed by atoms with Crippen molar-refractivity contribution in [3.63, 3.8) is 0 Å². The number of carboxylic acid groups (broad SMARTS) is 3. The summed E-state index contributed by atoms with van der Waals surface area (Å²) in [4.78, 5) is 41.2. The number of aliphatic carboxylic acids is 3. The molecule has 0 aromatic heterocycles. The number of hydrogen-bond donors (Lipinski definition) is 6. The predicted octanol–water partition coefficient (Wildman–Crippen LogP) is -0.166. The van der Waals surface area contributed by atoms with Crippen molar-refractivity contribution in [2.45, 2.75) is 12.5 Å². The van der Waals surface area contributed by atoms with Crippen LogP contribution in [0.4, 0.5) is 5.69 Å². The average molecular weight is 406 g/mol. The van der Waals surface area contributed by atoms with Crippen LogP contribution >= 0.6 is 11.6 Å². The molecule has 1 rings (SSSR count). The fourth-order valence-corrected chi connectivity index (χ4v) is 1.84. The maximum Gasteiger partial charge on any atom is 0.414 e. The number of hydrogen-bond acceptors (Lipinski definition) is 7. The summed E-state index contributed by atoms with van der Waals surface area (Å²) < 4.78 is 5.10. The third-order valence-corrected chi connectivity index (χ3v) is 3.08. The SMILES string of the molecule is COc1ccc(Cl)cc1NC(=O)CC(NCCN)C(=O)O.O=C(O)C(=O)O. The van der Waals surface area contributed by atoms with Gasteiger partial charge in [-0.3, -0.25) is 9.59 Å². The Morgan fingerprint density at radius 3 is 2.22 bits per heavy atom. The van der Waals surface area contributed by atoms with E-state index >= 15 is 0 Å². The fourth-order valence-electron chi connectivity index (χ4n) is 1.67. The van der Waals surface area contributed by atoms with E-state index < -0.39 is 29.9 Å². The van der Waals surface area contributed by atoms with Gasteiger partial charge in [-0.1, -0.05) is 11.6 Å². The summed E-state index contributed by atoms with van der Waals surface area (Å²) in [6, 6.07) is 3.76. The van der Waals surface area contributed by atoms with Gasteiger partial charge in [0.2, 0.25) is 5.91 Å². The number of nitrogens with one attached hydrogen (secondary N) is 2. The molecule has 1 aromatic carbocycles. The molecule has 7 N–H and O–H groups in total. The molecule has 0 radical (unpaired) electrons. The minimum absolute atomic E-state index is 0.231. The van der Waals surface area contributed by atoms with E-state index in [9.17, 15) is 9.59 Å². The molecule has 12 heteroatoms. The van der Waals surface area contributed by atoms with Crippen molar-refractivity contribution in [1.82, 2.24) is 5.32 Å². The van der Waals surface area contributed by atoms with E-state index in [-0.39, 0.29) is 13.0 Å².